The third-order valence-electron chi connectivity index (χ3n) is 4.70. The molecule has 0 saturated carbocycles. The van der Waals surface area contributed by atoms with E-state index < -0.39 is 12.1 Å². The van der Waals surface area contributed by atoms with Crippen LogP contribution in [0, 0.1) is 0 Å². The average Bonchev–Trinajstić information content (AvgIpc) is 2.67. The summed E-state index contributed by atoms with van der Waals surface area (Å²) < 4.78 is 0. The van der Waals surface area contributed by atoms with Gasteiger partial charge in [0.2, 0.25) is 11.8 Å². The van der Waals surface area contributed by atoms with Crippen molar-refractivity contribution in [1.82, 2.24) is 10.6 Å². The van der Waals surface area contributed by atoms with E-state index in [0.29, 0.717) is 25.9 Å². The quantitative estimate of drug-likeness (QED) is 0.179. The molecule has 0 aromatic heterocycles. The van der Waals surface area contributed by atoms with Crippen molar-refractivity contribution >= 4 is 24.4 Å². The van der Waals surface area contributed by atoms with E-state index in [1.807, 2.05) is 0 Å². The second-order valence-electron chi connectivity index (χ2n) is 7.25. The molecule has 0 heterocycles. The zero-order chi connectivity index (χ0) is 20.3. The predicted octanol–water partition coefficient (Wildman–Crippen LogP) is 2.50. The molecule has 0 aliphatic heterocycles. The Morgan fingerprint density at radius 2 is 1.44 bits per heavy atom. The zero-order valence-electron chi connectivity index (χ0n) is 17.2. The van der Waals surface area contributed by atoms with Crippen LogP contribution < -0.4 is 22.1 Å². The van der Waals surface area contributed by atoms with E-state index in [1.165, 1.54) is 51.4 Å². The Labute approximate surface area is 171 Å². The number of rotatable bonds is 18. The molecule has 2 unspecified atom stereocenters. The lowest BCUT2D eigenvalue weighted by Crippen LogP contribution is -2.52. The van der Waals surface area contributed by atoms with Crippen LogP contribution in [0.4, 0.5) is 0 Å². The lowest BCUT2D eigenvalue weighted by Gasteiger charge is -2.19. The number of hydrogen-bond acceptors (Lipinski definition) is 5. The third kappa shape index (κ3) is 14.9. The number of carbonyl (C=O) groups is 2. The molecule has 160 valence electrons. The van der Waals surface area contributed by atoms with Crippen LogP contribution in [-0.4, -0.2) is 42.7 Å². The van der Waals surface area contributed by atoms with Crippen molar-refractivity contribution in [3.05, 3.63) is 0 Å². The zero-order valence-corrected chi connectivity index (χ0v) is 18.1. The molecule has 0 bridgehead atoms. The van der Waals surface area contributed by atoms with Gasteiger partial charge in [-0.25, -0.2) is 0 Å². The molecule has 27 heavy (non-hydrogen) atoms. The highest BCUT2D eigenvalue weighted by Gasteiger charge is 2.21. The van der Waals surface area contributed by atoms with Crippen molar-refractivity contribution < 1.29 is 9.59 Å². The average molecular weight is 403 g/mol. The van der Waals surface area contributed by atoms with Crippen LogP contribution in [0.3, 0.4) is 0 Å². The first-order valence-corrected chi connectivity index (χ1v) is 11.3. The summed E-state index contributed by atoms with van der Waals surface area (Å²) >= 11 is 4.16. The number of unbranched alkanes of at least 4 members (excludes halogenated alkanes) is 9. The van der Waals surface area contributed by atoms with Gasteiger partial charge in [-0.05, 0) is 25.8 Å². The van der Waals surface area contributed by atoms with E-state index in [9.17, 15) is 9.59 Å². The van der Waals surface area contributed by atoms with Gasteiger partial charge < -0.3 is 22.1 Å². The number of nitrogens with one attached hydrogen (secondary N) is 2. The summed E-state index contributed by atoms with van der Waals surface area (Å²) in [6.45, 7) is 3.37. The first-order chi connectivity index (χ1) is 13.1. The molecule has 2 atom stereocenters. The van der Waals surface area contributed by atoms with Crippen LogP contribution in [0.25, 0.3) is 0 Å². The van der Waals surface area contributed by atoms with E-state index in [-0.39, 0.29) is 17.6 Å². The van der Waals surface area contributed by atoms with Crippen molar-refractivity contribution in [1.29, 1.82) is 0 Å². The standard InChI is InChI=1S/C20H42N4O2S/c1-2-3-4-5-6-7-8-9-10-11-15-23-20(26)18(16-27)24-19(25)17(22)13-12-14-21/h17-18,27H,2-16,21-22H2,1H3,(H,23,26)(H,24,25). The van der Waals surface area contributed by atoms with E-state index in [2.05, 4.69) is 30.2 Å². The van der Waals surface area contributed by atoms with E-state index in [0.717, 1.165) is 12.8 Å². The number of thiol groups is 1. The van der Waals surface area contributed by atoms with Crippen LogP contribution in [0.15, 0.2) is 0 Å². The van der Waals surface area contributed by atoms with E-state index >= 15 is 0 Å². The molecule has 0 aromatic carbocycles. The minimum atomic E-state index is -0.645. The molecule has 6 nitrogen and oxygen atoms in total. The first-order valence-electron chi connectivity index (χ1n) is 10.7. The third-order valence-corrected chi connectivity index (χ3v) is 5.07. The summed E-state index contributed by atoms with van der Waals surface area (Å²) in [5.41, 5.74) is 11.2. The maximum absolute atomic E-state index is 12.2. The summed E-state index contributed by atoms with van der Waals surface area (Å²) in [7, 11) is 0. The fourth-order valence-electron chi connectivity index (χ4n) is 2.89. The van der Waals surface area contributed by atoms with Crippen molar-refractivity contribution in [2.45, 2.75) is 96.1 Å². The second kappa shape index (κ2) is 18.6. The topological polar surface area (TPSA) is 110 Å². The van der Waals surface area contributed by atoms with Gasteiger partial charge in [0, 0.05) is 12.3 Å². The fraction of sp³-hybridized carbons (Fsp3) is 0.900. The molecule has 0 spiro atoms. The van der Waals surface area contributed by atoms with Crippen LogP contribution in [0.5, 0.6) is 0 Å². The molecule has 0 radical (unpaired) electrons. The van der Waals surface area contributed by atoms with E-state index in [4.69, 9.17) is 11.5 Å². The second-order valence-corrected chi connectivity index (χ2v) is 7.62. The van der Waals surface area contributed by atoms with Gasteiger partial charge in [-0.3, -0.25) is 9.59 Å². The van der Waals surface area contributed by atoms with Gasteiger partial charge in [-0.1, -0.05) is 64.7 Å². The summed E-state index contributed by atoms with van der Waals surface area (Å²) in [6.07, 6.45) is 13.8. The number of nitrogens with two attached hydrogens (primary N) is 2. The molecule has 7 heteroatoms. The van der Waals surface area contributed by atoms with Gasteiger partial charge in [-0.2, -0.15) is 12.6 Å². The molecule has 0 fully saturated rings. The number of carbonyl (C=O) groups excluding carboxylic acids is 2. The highest BCUT2D eigenvalue weighted by molar-refractivity contribution is 7.80. The van der Waals surface area contributed by atoms with Crippen molar-refractivity contribution in [3.63, 3.8) is 0 Å². The molecule has 0 aromatic rings. The molecule has 0 rings (SSSR count). The smallest absolute Gasteiger partial charge is 0.243 e. The van der Waals surface area contributed by atoms with Crippen molar-refractivity contribution in [2.24, 2.45) is 11.5 Å². The Kier molecular flexibility index (Phi) is 18.0. The summed E-state index contributed by atoms with van der Waals surface area (Å²) in [6, 6.07) is -1.28. The van der Waals surface area contributed by atoms with Gasteiger partial charge in [0.1, 0.15) is 6.04 Å². The minimum Gasteiger partial charge on any atom is -0.354 e. The van der Waals surface area contributed by atoms with Gasteiger partial charge in [-0.15, -0.1) is 0 Å². The van der Waals surface area contributed by atoms with E-state index in [1.54, 1.807) is 0 Å². The molecular weight excluding hydrogens is 360 g/mol. The van der Waals surface area contributed by atoms with Crippen LogP contribution in [-0.2, 0) is 9.59 Å². The molecule has 2 amide bonds. The number of hydrogen-bond donors (Lipinski definition) is 5. The Bertz CT molecular complexity index is 383. The maximum Gasteiger partial charge on any atom is 0.243 e. The lowest BCUT2D eigenvalue weighted by atomic mass is 10.1. The lowest BCUT2D eigenvalue weighted by molar-refractivity contribution is -0.129. The van der Waals surface area contributed by atoms with Gasteiger partial charge >= 0.3 is 0 Å². The molecule has 0 aliphatic rings. The fourth-order valence-corrected chi connectivity index (χ4v) is 3.15. The summed E-state index contributed by atoms with van der Waals surface area (Å²) in [5.74, 6) is -0.268. The van der Waals surface area contributed by atoms with Crippen molar-refractivity contribution in [3.8, 4) is 0 Å². The highest BCUT2D eigenvalue weighted by atomic mass is 32.1. The molecule has 0 saturated heterocycles. The predicted molar refractivity (Wildman–Crippen MR) is 117 cm³/mol. The first kappa shape index (κ1) is 26.2. The Morgan fingerprint density at radius 1 is 0.889 bits per heavy atom. The highest BCUT2D eigenvalue weighted by Crippen LogP contribution is 2.10. The Balaban J connectivity index is 3.75. The monoisotopic (exact) mass is 402 g/mol. The molecular formula is C20H42N4O2S. The van der Waals surface area contributed by atoms with Crippen molar-refractivity contribution in [2.75, 3.05) is 18.8 Å². The summed E-state index contributed by atoms with van der Waals surface area (Å²) in [4.78, 5) is 24.2. The molecule has 0 aliphatic carbocycles. The molecule has 6 N–H and O–H groups in total. The van der Waals surface area contributed by atoms with Gasteiger partial charge in [0.05, 0.1) is 6.04 Å². The van der Waals surface area contributed by atoms with Gasteiger partial charge in [0.15, 0.2) is 0 Å². The van der Waals surface area contributed by atoms with Crippen LogP contribution in [0.2, 0.25) is 0 Å². The van der Waals surface area contributed by atoms with Gasteiger partial charge in [0.25, 0.3) is 0 Å². The largest absolute Gasteiger partial charge is 0.354 e. The Hall–Kier alpha value is -0.790. The Morgan fingerprint density at radius 3 is 1.96 bits per heavy atom. The SMILES string of the molecule is CCCCCCCCCCCCNC(=O)C(CS)NC(=O)C(N)CCCN. The normalized spacial score (nSPS) is 13.2. The maximum atomic E-state index is 12.2. The van der Waals surface area contributed by atoms with Crippen LogP contribution in [0.1, 0.15) is 84.0 Å². The minimum absolute atomic E-state index is 0.194. The summed E-state index contributed by atoms with van der Waals surface area (Å²) in [5, 5.41) is 5.55. The van der Waals surface area contributed by atoms with Crippen LogP contribution >= 0.6 is 12.6 Å². The number of amides is 2.